The largest absolute Gasteiger partial charge is 1.00 e. The molecule has 1 aliphatic heterocycles. The van der Waals surface area contributed by atoms with Crippen molar-refractivity contribution < 1.29 is 261 Å². The van der Waals surface area contributed by atoms with Crippen LogP contribution in [0.25, 0.3) is 9.72 Å². The molecule has 50 heteroatoms. The molecule has 2 atom stereocenters. The third-order valence-corrected chi connectivity index (χ3v) is 29.2. The minimum Gasteiger partial charge on any atom is -0.687 e. The van der Waals surface area contributed by atoms with Crippen molar-refractivity contribution in [3.05, 3.63) is 248 Å². The normalized spacial score (nSPS) is 14.8. The SMILES string of the molecule is COC(=O)c1ccc(OP2(Oc3ccc(C(=O)OC)cc3)=N[P+](Oc3ccc(C(=O)OC)cc3)(Oc3ccc(C(=O)OC)cc3)[N-][P+](Oc3ccc(/C=N\N(C)[P+]([S-])(Oc4ccc(CCN(C[P+]([O-])([O-])[O-])C[P+]([O-])([O-])[O-])cc4)Oc4ccc(CCN(C[P+]([O-])(O)O)C[P+]([O-])(O)O)cc4)cc3)(Oc3ccc(C(=O)OC)cc3)[N-]2)cc1.[Na+].[Na+].[Na+].[Na+]. The van der Waals surface area contributed by atoms with Gasteiger partial charge in [-0.2, -0.15) is 4.86 Å². The van der Waals surface area contributed by atoms with Crippen molar-refractivity contribution in [1.29, 1.82) is 0 Å². The van der Waals surface area contributed by atoms with Crippen molar-refractivity contribution in [2.45, 2.75) is 12.8 Å². The van der Waals surface area contributed by atoms with Crippen LogP contribution in [0, 0.1) is 0 Å². The Morgan fingerprint density at radius 2 is 0.712 bits per heavy atom. The molecule has 9 rings (SSSR count). The van der Waals surface area contributed by atoms with E-state index in [4.69, 9.17) is 86.4 Å². The quantitative estimate of drug-likeness (QED) is 0.00533. The fourth-order valence-corrected chi connectivity index (χ4v) is 24.3. The van der Waals surface area contributed by atoms with Crippen LogP contribution in [-0.2, 0) is 48.8 Å². The topological polar surface area (TPSA) is 533 Å². The number of methoxy groups -OCH3 is 5. The molecule has 8 aromatic rings. The third-order valence-electron chi connectivity index (χ3n) is 15.2. The summed E-state index contributed by atoms with van der Waals surface area (Å²) >= 11 is 6.19. The summed E-state index contributed by atoms with van der Waals surface area (Å²) in [7, 11) is -31.2. The number of hydrogen-bond donors (Lipinski definition) is 4. The summed E-state index contributed by atoms with van der Waals surface area (Å²) in [5, 5.41) is 4.64. The average molecular weight is 1840 g/mol. The molecule has 0 aliphatic carbocycles. The molecule has 0 radical (unpaired) electrons. The maximum Gasteiger partial charge on any atom is 1.00 e. The first-order valence-corrected chi connectivity index (χ1v) is 47.1. The number of hydrazone groups is 1. The van der Waals surface area contributed by atoms with Gasteiger partial charge in [0.1, 0.15) is 11.5 Å². The summed E-state index contributed by atoms with van der Waals surface area (Å²) in [6, 6.07) is 45.4. The standard InChI is InChI=1S/C68H75N7O30P8S.4Na/c1-73(113(114,104-62-23-7-48(8-24-62)39-41-74(44-106(81,82)83)45-107(84,85)86)105-63-25-9-49(10-26-63)40-42-75(46-108(87,88)89)47-109(90,91)92)69-43-50-11-27-56(28-12-50)98-110(99-57-29-13-51(14-30-57)64(76)93-2)70-111(100-58-31-15-52(16-32-58)65(77)94-3,101-59-33-17-53(18-34-59)66(78)95-4)72-112(71-110,102-60-35-19-54(20-36-60)67(79)96-5)103-61-37-21-55(22-38-61)68(80)97-6;;;;/h7-38,43H,39-42,44-47H2,1-6H3,(H2,81,82,83)(H2,84,85,86)(H2,87,88,89)(H2,90,91,92);;;;/q;4*+1/p-4/b69-43-;;;;. The Labute approximate surface area is 775 Å². The number of carbonyl (C=O) groups is 5. The zero-order chi connectivity index (χ0) is 82.9. The zero-order valence-corrected chi connectivity index (χ0v) is 80.7. The summed E-state index contributed by atoms with van der Waals surface area (Å²) in [4.78, 5) is 208. The average Bonchev–Trinajstić information content (AvgIpc) is 0.728. The van der Waals surface area contributed by atoms with Gasteiger partial charge in [-0.05, 0) is 204 Å². The Hall–Kier alpha value is -4.07. The van der Waals surface area contributed by atoms with Crippen LogP contribution in [0.5, 0.6) is 46.0 Å². The Bertz CT molecular complexity index is 4450. The summed E-state index contributed by atoms with van der Waals surface area (Å²) < 4.78 is 85.7. The maximum atomic E-state index is 12.9. The number of carbonyl (C=O) groups excluding carboxylic acids is 5. The Morgan fingerprint density at radius 1 is 0.432 bits per heavy atom. The van der Waals surface area contributed by atoms with Crippen molar-refractivity contribution in [2.75, 3.05) is 80.8 Å². The van der Waals surface area contributed by atoms with E-state index in [1.807, 2.05) is 0 Å². The fraction of sp³-hybridized carbons (Fsp3) is 0.206. The fourth-order valence-electron chi connectivity index (χ4n) is 10.1. The third kappa shape index (κ3) is 32.8. The summed E-state index contributed by atoms with van der Waals surface area (Å²) in [6.45, 7) is -0.514. The number of ether oxygens (including phenoxy) is 5. The van der Waals surface area contributed by atoms with Crippen molar-refractivity contribution in [3.63, 3.8) is 0 Å². The van der Waals surface area contributed by atoms with E-state index in [0.717, 1.165) is 4.90 Å². The van der Waals surface area contributed by atoms with Crippen LogP contribution in [0.2, 0.25) is 0 Å². The van der Waals surface area contributed by atoms with Gasteiger partial charge in [0.05, 0.1) is 89.2 Å². The summed E-state index contributed by atoms with van der Waals surface area (Å²) in [6.07, 6.45) is -2.96. The smallest absolute Gasteiger partial charge is 0.687 e. The van der Waals surface area contributed by atoms with E-state index in [0.29, 0.717) is 21.6 Å². The van der Waals surface area contributed by atoms with Crippen LogP contribution < -0.4 is 194 Å². The molecular formula is C68H71N7Na4O30P8S. The van der Waals surface area contributed by atoms with Gasteiger partial charge in [-0.1, -0.05) is 24.3 Å². The first-order valence-electron chi connectivity index (χ1n) is 32.9. The molecule has 0 bridgehead atoms. The van der Waals surface area contributed by atoms with Crippen LogP contribution in [0.4, 0.5) is 0 Å². The predicted octanol–water partition coefficient (Wildman–Crippen LogP) is -5.46. The number of rotatable bonds is 38. The second-order valence-corrected chi connectivity index (χ2v) is 39.7. The molecule has 0 spiro atoms. The second kappa shape index (κ2) is 46.8. The van der Waals surface area contributed by atoms with Crippen molar-refractivity contribution in [1.82, 2.24) is 14.6 Å². The molecule has 608 valence electrons. The minimum atomic E-state index is -5.30. The molecule has 2 unspecified atom stereocenters. The van der Waals surface area contributed by atoms with E-state index in [1.165, 1.54) is 236 Å². The van der Waals surface area contributed by atoms with Gasteiger partial charge in [0.2, 0.25) is 15.9 Å². The van der Waals surface area contributed by atoms with E-state index in [2.05, 4.69) is 5.10 Å². The van der Waals surface area contributed by atoms with Gasteiger partial charge in [0.15, 0.2) is 47.1 Å². The number of hydrogen-bond acceptors (Lipinski definition) is 36. The Morgan fingerprint density at radius 3 is 1.01 bits per heavy atom. The van der Waals surface area contributed by atoms with Crippen LogP contribution >= 0.6 is 62.5 Å². The van der Waals surface area contributed by atoms with Gasteiger partial charge in [0, 0.05) is 13.1 Å². The minimum absolute atomic E-state index is 0. The van der Waals surface area contributed by atoms with E-state index in [-0.39, 0.29) is 218 Å². The molecule has 37 nitrogen and oxygen atoms in total. The molecule has 0 fully saturated rings. The molecule has 0 saturated heterocycles. The molecule has 118 heavy (non-hydrogen) atoms. The van der Waals surface area contributed by atoms with Crippen molar-refractivity contribution in [3.8, 4) is 46.0 Å². The number of benzene rings is 8. The van der Waals surface area contributed by atoms with Gasteiger partial charge in [-0.25, -0.2) is 53.3 Å². The zero-order valence-electron chi connectivity index (χ0n) is 64.7. The molecule has 0 saturated carbocycles. The molecule has 0 amide bonds. The Kier molecular flexibility index (Phi) is 41.4. The van der Waals surface area contributed by atoms with Crippen molar-refractivity contribution >= 4 is 111 Å². The van der Waals surface area contributed by atoms with Gasteiger partial charge in [0.25, 0.3) is 8.02 Å². The van der Waals surface area contributed by atoms with Crippen LogP contribution in [0.1, 0.15) is 68.5 Å². The first-order chi connectivity index (χ1) is 53.8. The van der Waals surface area contributed by atoms with Gasteiger partial charge < -0.3 is 107 Å². The van der Waals surface area contributed by atoms with Crippen LogP contribution in [0.15, 0.2) is 204 Å². The summed E-state index contributed by atoms with van der Waals surface area (Å²) in [5.41, 5.74) is 1.76. The van der Waals surface area contributed by atoms with Gasteiger partial charge in [-0.3, -0.25) is 9.05 Å². The summed E-state index contributed by atoms with van der Waals surface area (Å²) in [5.74, 6) is -3.80. The Balaban J connectivity index is 0.00000620. The second-order valence-electron chi connectivity index (χ2n) is 24.0. The predicted molar refractivity (Wildman–Crippen MR) is 410 cm³/mol. The molecule has 8 aromatic carbocycles. The molecule has 4 N–H and O–H groups in total. The van der Waals surface area contributed by atoms with Gasteiger partial charge >= 0.3 is 171 Å². The molecule has 1 aliphatic rings. The van der Waals surface area contributed by atoms with Crippen molar-refractivity contribution in [2.24, 2.45) is 9.62 Å². The first kappa shape index (κ1) is 104. The number of nitrogens with zero attached hydrogens (tertiary/aromatic N) is 7. The maximum absolute atomic E-state index is 12.9. The van der Waals surface area contributed by atoms with E-state index in [9.17, 15) is 82.7 Å². The molecule has 1 heterocycles. The van der Waals surface area contributed by atoms with E-state index < -0.39 is 118 Å². The molecule has 0 aromatic heterocycles. The molecular weight excluding hydrogens is 1770 g/mol. The van der Waals surface area contributed by atoms with E-state index in [1.54, 1.807) is 12.1 Å². The van der Waals surface area contributed by atoms with Crippen LogP contribution in [-0.4, -0.2) is 151 Å². The monoisotopic (exact) mass is 1840 g/mol. The van der Waals surface area contributed by atoms with Gasteiger partial charge in [-0.15, -0.1) is 25.8 Å². The van der Waals surface area contributed by atoms with E-state index >= 15 is 0 Å². The van der Waals surface area contributed by atoms with Crippen LogP contribution in [0.3, 0.4) is 0 Å². The number of esters is 5.